The van der Waals surface area contributed by atoms with E-state index in [1.165, 1.54) is 18.2 Å². The topological polar surface area (TPSA) is 35.5 Å². The highest BCUT2D eigenvalue weighted by atomic mass is 19.3. The fourth-order valence-corrected chi connectivity index (χ4v) is 1.44. The van der Waals surface area contributed by atoms with E-state index < -0.39 is 12.2 Å². The molecule has 0 bridgehead atoms. The van der Waals surface area contributed by atoms with Gasteiger partial charge in [0.15, 0.2) is 11.5 Å². The van der Waals surface area contributed by atoms with E-state index in [0.717, 1.165) is 6.42 Å². The zero-order chi connectivity index (χ0) is 11.5. The van der Waals surface area contributed by atoms with Crippen LogP contribution in [0.25, 0.3) is 0 Å². The first-order valence-corrected chi connectivity index (χ1v) is 4.90. The second-order valence-electron chi connectivity index (χ2n) is 3.38. The van der Waals surface area contributed by atoms with Crippen molar-refractivity contribution < 1.29 is 23.0 Å². The maximum absolute atomic E-state index is 12.2. The lowest BCUT2D eigenvalue weighted by Gasteiger charge is -2.08. The van der Waals surface area contributed by atoms with Crippen molar-refractivity contribution in [3.05, 3.63) is 23.8 Å². The van der Waals surface area contributed by atoms with Crippen molar-refractivity contribution in [1.29, 1.82) is 0 Å². The number of benzene rings is 1. The average Bonchev–Trinajstić information content (AvgIpc) is 2.51. The Kier molecular flexibility index (Phi) is 3.03. The smallest absolute Gasteiger partial charge is 0.300 e. The van der Waals surface area contributed by atoms with E-state index in [1.54, 1.807) is 0 Å². The molecule has 0 fully saturated rings. The van der Waals surface area contributed by atoms with Gasteiger partial charge in [-0.3, -0.25) is 4.79 Å². The minimum Gasteiger partial charge on any atom is -0.490 e. The van der Waals surface area contributed by atoms with E-state index in [0.29, 0.717) is 24.7 Å². The van der Waals surface area contributed by atoms with E-state index in [4.69, 9.17) is 9.47 Å². The molecular weight excluding hydrogens is 218 g/mol. The Bertz CT molecular complexity index is 404. The normalized spacial score (nSPS) is 14.7. The minimum absolute atomic E-state index is 0.0562. The third-order valence-electron chi connectivity index (χ3n) is 2.23. The number of ketones is 1. The second-order valence-corrected chi connectivity index (χ2v) is 3.38. The Labute approximate surface area is 91.0 Å². The van der Waals surface area contributed by atoms with Gasteiger partial charge < -0.3 is 9.47 Å². The van der Waals surface area contributed by atoms with Crippen LogP contribution in [0.4, 0.5) is 8.78 Å². The molecule has 0 aliphatic carbocycles. The lowest BCUT2D eigenvalue weighted by Crippen LogP contribution is -2.10. The highest BCUT2D eigenvalue weighted by molar-refractivity contribution is 5.99. The highest BCUT2D eigenvalue weighted by Gasteiger charge is 2.20. The summed E-state index contributed by atoms with van der Waals surface area (Å²) in [7, 11) is 0. The number of rotatable bonds is 2. The van der Waals surface area contributed by atoms with Crippen LogP contribution in [0.2, 0.25) is 0 Å². The Hall–Kier alpha value is -1.65. The van der Waals surface area contributed by atoms with Crippen LogP contribution in [0.15, 0.2) is 18.2 Å². The first-order chi connectivity index (χ1) is 7.68. The summed E-state index contributed by atoms with van der Waals surface area (Å²) < 4.78 is 35.0. The van der Waals surface area contributed by atoms with Crippen molar-refractivity contribution in [2.24, 2.45) is 0 Å². The third-order valence-corrected chi connectivity index (χ3v) is 2.23. The summed E-state index contributed by atoms with van der Waals surface area (Å²) in [6.45, 7) is 0.981. The van der Waals surface area contributed by atoms with Crippen molar-refractivity contribution >= 4 is 5.78 Å². The summed E-state index contributed by atoms with van der Waals surface area (Å²) in [5.74, 6) is -0.358. The quantitative estimate of drug-likeness (QED) is 0.728. The number of ether oxygens (including phenoxy) is 2. The van der Waals surface area contributed by atoms with Gasteiger partial charge in [0.1, 0.15) is 0 Å². The molecule has 3 nitrogen and oxygen atoms in total. The van der Waals surface area contributed by atoms with E-state index in [-0.39, 0.29) is 5.56 Å². The number of halogens is 2. The van der Waals surface area contributed by atoms with Gasteiger partial charge in [0, 0.05) is 12.0 Å². The number of fused-ring (bicyclic) bond motifs is 1. The van der Waals surface area contributed by atoms with Crippen molar-refractivity contribution in [2.45, 2.75) is 12.8 Å². The second kappa shape index (κ2) is 4.47. The molecule has 0 aromatic heterocycles. The molecule has 0 amide bonds. The Morgan fingerprint density at radius 1 is 1.19 bits per heavy atom. The van der Waals surface area contributed by atoms with E-state index >= 15 is 0 Å². The molecule has 86 valence electrons. The van der Waals surface area contributed by atoms with Gasteiger partial charge in [-0.15, -0.1) is 0 Å². The maximum atomic E-state index is 12.2. The SMILES string of the molecule is O=C(c1ccc2c(c1)OCCCO2)C(F)F. The molecule has 16 heavy (non-hydrogen) atoms. The minimum atomic E-state index is -3.00. The zero-order valence-corrected chi connectivity index (χ0v) is 8.41. The molecule has 1 aliphatic rings. The van der Waals surface area contributed by atoms with E-state index in [9.17, 15) is 13.6 Å². The molecule has 1 aliphatic heterocycles. The molecule has 1 heterocycles. The predicted octanol–water partition coefficient (Wildman–Crippen LogP) is 2.30. The fraction of sp³-hybridized carbons (Fsp3) is 0.364. The van der Waals surface area contributed by atoms with Crippen LogP contribution in [0, 0.1) is 0 Å². The molecule has 0 saturated heterocycles. The molecule has 0 atom stereocenters. The number of carbonyl (C=O) groups excluding carboxylic acids is 1. The molecule has 5 heteroatoms. The number of carbonyl (C=O) groups is 1. The van der Waals surface area contributed by atoms with Gasteiger partial charge in [-0.1, -0.05) is 0 Å². The van der Waals surface area contributed by atoms with Gasteiger partial charge in [0.05, 0.1) is 13.2 Å². The number of hydrogen-bond acceptors (Lipinski definition) is 3. The fourth-order valence-electron chi connectivity index (χ4n) is 1.44. The Morgan fingerprint density at radius 2 is 1.88 bits per heavy atom. The van der Waals surface area contributed by atoms with Gasteiger partial charge >= 0.3 is 6.43 Å². The van der Waals surface area contributed by atoms with Crippen LogP contribution < -0.4 is 9.47 Å². The van der Waals surface area contributed by atoms with Crippen LogP contribution >= 0.6 is 0 Å². The summed E-state index contributed by atoms with van der Waals surface area (Å²) >= 11 is 0. The lowest BCUT2D eigenvalue weighted by molar-refractivity contribution is 0.0678. The van der Waals surface area contributed by atoms with Crippen molar-refractivity contribution in [3.8, 4) is 11.5 Å². The van der Waals surface area contributed by atoms with Crippen molar-refractivity contribution in [2.75, 3.05) is 13.2 Å². The third kappa shape index (κ3) is 2.13. The summed E-state index contributed by atoms with van der Waals surface area (Å²) in [6, 6.07) is 4.10. The summed E-state index contributed by atoms with van der Waals surface area (Å²) in [5, 5.41) is 0. The molecule has 0 unspecified atom stereocenters. The molecule has 0 N–H and O–H groups in total. The molecular formula is C11H10F2O3. The van der Waals surface area contributed by atoms with Crippen LogP contribution in [0.3, 0.4) is 0 Å². The van der Waals surface area contributed by atoms with E-state index in [2.05, 4.69) is 0 Å². The molecule has 0 spiro atoms. The van der Waals surface area contributed by atoms with Crippen molar-refractivity contribution in [1.82, 2.24) is 0 Å². The average molecular weight is 228 g/mol. The van der Waals surface area contributed by atoms with Gasteiger partial charge in [-0.25, -0.2) is 8.78 Å². The summed E-state index contributed by atoms with van der Waals surface area (Å²) in [6.07, 6.45) is -2.27. The van der Waals surface area contributed by atoms with E-state index in [1.807, 2.05) is 0 Å². The first kappa shape index (κ1) is 10.9. The predicted molar refractivity (Wildman–Crippen MR) is 52.4 cm³/mol. The van der Waals surface area contributed by atoms with Crippen LogP contribution in [0.5, 0.6) is 11.5 Å². The molecule has 0 radical (unpaired) electrons. The van der Waals surface area contributed by atoms with Crippen LogP contribution in [-0.4, -0.2) is 25.4 Å². The molecule has 1 aromatic carbocycles. The van der Waals surface area contributed by atoms with Gasteiger partial charge in [-0.2, -0.15) is 0 Å². The summed E-state index contributed by atoms with van der Waals surface area (Å²) in [5.41, 5.74) is -0.0562. The first-order valence-electron chi connectivity index (χ1n) is 4.90. The van der Waals surface area contributed by atoms with Gasteiger partial charge in [0.25, 0.3) is 0 Å². The standard InChI is InChI=1S/C11H10F2O3/c12-11(13)10(14)7-2-3-8-9(6-7)16-5-1-4-15-8/h2-3,6,11H,1,4-5H2. The Balaban J connectivity index is 2.30. The molecule has 2 rings (SSSR count). The number of alkyl halides is 2. The monoisotopic (exact) mass is 228 g/mol. The Morgan fingerprint density at radius 3 is 2.56 bits per heavy atom. The summed E-state index contributed by atoms with van der Waals surface area (Å²) in [4.78, 5) is 11.1. The highest BCUT2D eigenvalue weighted by Crippen LogP contribution is 2.30. The molecule has 0 saturated carbocycles. The van der Waals surface area contributed by atoms with Crippen LogP contribution in [0.1, 0.15) is 16.8 Å². The largest absolute Gasteiger partial charge is 0.490 e. The molecule has 1 aromatic rings. The van der Waals surface area contributed by atoms with Crippen molar-refractivity contribution in [3.63, 3.8) is 0 Å². The van der Waals surface area contributed by atoms with Gasteiger partial charge in [-0.05, 0) is 18.2 Å². The van der Waals surface area contributed by atoms with Crippen LogP contribution in [-0.2, 0) is 0 Å². The number of hydrogen-bond donors (Lipinski definition) is 0. The number of Topliss-reactive ketones (excluding diaryl/α,β-unsaturated/α-hetero) is 1. The lowest BCUT2D eigenvalue weighted by atomic mass is 10.1. The zero-order valence-electron chi connectivity index (χ0n) is 8.41. The van der Waals surface area contributed by atoms with Gasteiger partial charge in [0.2, 0.25) is 5.78 Å². The maximum Gasteiger partial charge on any atom is 0.300 e.